The molecule has 4 aromatic carbocycles. The largest absolute Gasteiger partial charge is 0.508 e. The van der Waals surface area contributed by atoms with Crippen LogP contribution in [0, 0.1) is 13.1 Å². The fourth-order valence-electron chi connectivity index (χ4n) is 7.92. The third kappa shape index (κ3) is 8.22. The van der Waals surface area contributed by atoms with E-state index in [9.17, 15) is 0 Å². The van der Waals surface area contributed by atoms with Gasteiger partial charge in [-0.15, -0.1) is 0 Å². The summed E-state index contributed by atoms with van der Waals surface area (Å²) >= 11 is 0. The van der Waals surface area contributed by atoms with Crippen molar-refractivity contribution in [1.29, 1.82) is 0 Å². The minimum atomic E-state index is 0.144. The number of aromatic nitrogens is 4. The van der Waals surface area contributed by atoms with Crippen LogP contribution in [0.5, 0.6) is 23.0 Å². The van der Waals surface area contributed by atoms with Gasteiger partial charge in [-0.05, 0) is 62.1 Å². The Labute approximate surface area is 350 Å². The lowest BCUT2D eigenvalue weighted by molar-refractivity contribution is 0.407. The maximum absolute atomic E-state index is 7.23. The van der Waals surface area contributed by atoms with Crippen LogP contribution in [0.15, 0.2) is 84.9 Å². The summed E-state index contributed by atoms with van der Waals surface area (Å²) in [5.41, 5.74) is 9.00. The number of benzene rings is 4. The lowest BCUT2D eigenvalue weighted by Gasteiger charge is -2.17. The first-order valence-electron chi connectivity index (χ1n) is 19.4. The summed E-state index contributed by atoms with van der Waals surface area (Å²) in [6.45, 7) is 14.5. The quantitative estimate of drug-likeness (QED) is 0.0874. The molecule has 0 saturated heterocycles. The summed E-state index contributed by atoms with van der Waals surface area (Å²) in [7, 11) is 10.2. The van der Waals surface area contributed by atoms with Crippen LogP contribution in [0.2, 0.25) is 0 Å². The van der Waals surface area contributed by atoms with Crippen molar-refractivity contribution >= 4 is 46.3 Å². The van der Waals surface area contributed by atoms with Gasteiger partial charge in [-0.1, -0.05) is 48.5 Å². The van der Waals surface area contributed by atoms with E-state index in [2.05, 4.69) is 53.1 Å². The Morgan fingerprint density at radius 3 is 1.30 bits per heavy atom. The number of ether oxygens (including phenoxy) is 4. The fraction of sp³-hybridized carbons (Fsp3) is 0.261. The molecule has 6 aromatic rings. The lowest BCUT2D eigenvalue weighted by Crippen LogP contribution is -2.08. The van der Waals surface area contributed by atoms with Crippen molar-refractivity contribution in [2.24, 2.45) is 0 Å². The number of nitrogens with zero attached hydrogens (tertiary/aromatic N) is 6. The van der Waals surface area contributed by atoms with Gasteiger partial charge in [0.2, 0.25) is 23.3 Å². The maximum Gasteiger partial charge on any atom is 0.229 e. The van der Waals surface area contributed by atoms with Crippen molar-refractivity contribution < 1.29 is 18.9 Å². The normalized spacial score (nSPS) is 14.5. The number of para-hydroxylation sites is 2. The topological polar surface area (TPSA) is 145 Å². The van der Waals surface area contributed by atoms with Crippen molar-refractivity contribution in [3.63, 3.8) is 0 Å². The summed E-state index contributed by atoms with van der Waals surface area (Å²) in [4.78, 5) is 26.0. The molecule has 2 atom stereocenters. The summed E-state index contributed by atoms with van der Waals surface area (Å²) in [6.07, 6.45) is 3.72. The Bertz CT molecular complexity index is 2420. The third-order valence-electron chi connectivity index (χ3n) is 10.7. The molecule has 0 fully saturated rings. The Morgan fingerprint density at radius 1 is 0.533 bits per heavy atom. The van der Waals surface area contributed by atoms with E-state index in [0.717, 1.165) is 93.8 Å². The second kappa shape index (κ2) is 18.3. The number of methoxy groups -OCH3 is 4. The molecule has 8 rings (SSSR count). The van der Waals surface area contributed by atoms with E-state index in [0.29, 0.717) is 34.8 Å². The summed E-state index contributed by atoms with van der Waals surface area (Å²) < 4.78 is 21.8. The van der Waals surface area contributed by atoms with E-state index in [4.69, 9.17) is 42.1 Å². The van der Waals surface area contributed by atoms with Crippen LogP contribution in [0.25, 0.3) is 9.69 Å². The highest BCUT2D eigenvalue weighted by molar-refractivity contribution is 5.69. The molecule has 4 N–H and O–H groups in total. The maximum atomic E-state index is 7.23. The zero-order valence-electron chi connectivity index (χ0n) is 34.4. The van der Waals surface area contributed by atoms with Gasteiger partial charge in [0.05, 0.1) is 53.0 Å². The zero-order chi connectivity index (χ0) is 42.2. The van der Waals surface area contributed by atoms with Crippen molar-refractivity contribution in [1.82, 2.24) is 19.9 Å². The van der Waals surface area contributed by atoms with E-state index in [1.54, 1.807) is 52.7 Å². The third-order valence-corrected chi connectivity index (χ3v) is 10.7. The highest BCUT2D eigenvalue weighted by Gasteiger charge is 2.32. The summed E-state index contributed by atoms with van der Waals surface area (Å²) in [5.74, 6) is 5.69. The molecule has 0 unspecified atom stereocenters. The van der Waals surface area contributed by atoms with E-state index in [-0.39, 0.29) is 11.8 Å². The monoisotopic (exact) mass is 802 g/mol. The van der Waals surface area contributed by atoms with Crippen LogP contribution in [-0.4, -0.2) is 62.5 Å². The second-order valence-electron chi connectivity index (χ2n) is 13.9. The fourth-order valence-corrected chi connectivity index (χ4v) is 7.92. The van der Waals surface area contributed by atoms with E-state index in [1.165, 1.54) is 0 Å². The van der Waals surface area contributed by atoms with Crippen LogP contribution >= 0.6 is 0 Å². The van der Waals surface area contributed by atoms with Crippen LogP contribution in [0.3, 0.4) is 0 Å². The standard InChI is InChI=1S/2C23H23N5O2/c2*1-24-18-12-9-14(13-20(18)30-4)26-23-27-21-16(10-11-17(21)22(25-2)28-23)15-7-5-6-8-19(15)29-3/h2*5-9,12-13,16H,10-11H2,2-4H3,(H2,25,26,27,28)/t2*16-/m10/s1. The Kier molecular flexibility index (Phi) is 12.4. The van der Waals surface area contributed by atoms with Crippen molar-refractivity contribution in [2.75, 3.05) is 63.8 Å². The van der Waals surface area contributed by atoms with Gasteiger partial charge in [0.25, 0.3) is 0 Å². The van der Waals surface area contributed by atoms with Gasteiger partial charge >= 0.3 is 0 Å². The first-order chi connectivity index (χ1) is 29.4. The van der Waals surface area contributed by atoms with Gasteiger partial charge in [0, 0.05) is 59.6 Å². The van der Waals surface area contributed by atoms with E-state index in [1.807, 2.05) is 62.6 Å². The molecule has 2 heterocycles. The lowest BCUT2D eigenvalue weighted by atomic mass is 9.95. The Balaban J connectivity index is 0.000000181. The molecule has 2 aromatic heterocycles. The minimum absolute atomic E-state index is 0.144. The number of hydrogen-bond acceptors (Lipinski definition) is 12. The summed E-state index contributed by atoms with van der Waals surface area (Å²) in [5, 5.41) is 12.9. The Morgan fingerprint density at radius 2 is 0.933 bits per heavy atom. The highest BCUT2D eigenvalue weighted by Crippen LogP contribution is 2.45. The molecule has 14 heteroatoms. The predicted octanol–water partition coefficient (Wildman–Crippen LogP) is 9.82. The SMILES string of the molecule is [C-]#[N+]c1ccc(Nc2nc(NC)c3c(n2)[C@@H](c2ccccc2OC)CC3)cc1OC.[C-]#[N+]c1ccc(Nc2nc(NC)c3c(n2)[C@H](c2ccccc2OC)CC3)cc1OC. The average Bonchev–Trinajstić information content (AvgIpc) is 3.93. The molecule has 2 aliphatic rings. The second-order valence-corrected chi connectivity index (χ2v) is 13.9. The van der Waals surface area contributed by atoms with Crippen molar-refractivity contribution in [3.05, 3.63) is 141 Å². The first-order valence-corrected chi connectivity index (χ1v) is 19.4. The molecule has 0 aliphatic heterocycles. The van der Waals surface area contributed by atoms with E-state index >= 15 is 0 Å². The molecule has 60 heavy (non-hydrogen) atoms. The van der Waals surface area contributed by atoms with Crippen molar-refractivity contribution in [3.8, 4) is 23.0 Å². The summed E-state index contributed by atoms with van der Waals surface area (Å²) in [6, 6.07) is 26.8. The molecule has 0 bridgehead atoms. The smallest absolute Gasteiger partial charge is 0.229 e. The van der Waals surface area contributed by atoms with Crippen LogP contribution in [0.1, 0.15) is 58.3 Å². The highest BCUT2D eigenvalue weighted by atomic mass is 16.5. The molecule has 0 spiro atoms. The van der Waals surface area contributed by atoms with Gasteiger partial charge in [0.15, 0.2) is 0 Å². The molecule has 0 saturated carbocycles. The number of rotatable bonds is 12. The van der Waals surface area contributed by atoms with Crippen LogP contribution in [0.4, 0.5) is 46.3 Å². The van der Waals surface area contributed by atoms with E-state index < -0.39 is 0 Å². The van der Waals surface area contributed by atoms with Gasteiger partial charge in [0.1, 0.15) is 34.6 Å². The number of hydrogen-bond donors (Lipinski definition) is 4. The minimum Gasteiger partial charge on any atom is -0.508 e. The molecule has 0 amide bonds. The number of fused-ring (bicyclic) bond motifs is 2. The predicted molar refractivity (Wildman–Crippen MR) is 235 cm³/mol. The number of nitrogens with one attached hydrogen (secondary N) is 4. The van der Waals surface area contributed by atoms with Crippen LogP contribution < -0.4 is 40.2 Å². The molecular formula is C46H46N10O4. The molecule has 0 radical (unpaired) electrons. The number of anilines is 6. The van der Waals surface area contributed by atoms with Gasteiger partial charge in [-0.25, -0.2) is 19.7 Å². The molecule has 304 valence electrons. The van der Waals surface area contributed by atoms with Gasteiger partial charge in [-0.2, -0.15) is 9.97 Å². The molecule has 14 nitrogen and oxygen atoms in total. The van der Waals surface area contributed by atoms with Crippen LogP contribution in [-0.2, 0) is 12.8 Å². The molecular weight excluding hydrogens is 757 g/mol. The average molecular weight is 803 g/mol. The van der Waals surface area contributed by atoms with Gasteiger partial charge < -0.3 is 40.2 Å². The van der Waals surface area contributed by atoms with Crippen molar-refractivity contribution in [2.45, 2.75) is 37.5 Å². The Hall–Kier alpha value is -7.58. The zero-order valence-corrected chi connectivity index (χ0v) is 34.4. The molecule has 2 aliphatic carbocycles. The first kappa shape index (κ1) is 40.6. The van der Waals surface area contributed by atoms with Gasteiger partial charge in [-0.3, -0.25) is 0 Å².